The van der Waals surface area contributed by atoms with Crippen molar-refractivity contribution in [3.8, 4) is 0 Å². The van der Waals surface area contributed by atoms with Crippen molar-refractivity contribution in [2.45, 2.75) is 26.4 Å². The number of anilines is 1. The summed E-state index contributed by atoms with van der Waals surface area (Å²) in [5, 5.41) is 0. The minimum absolute atomic E-state index is 0.254. The van der Waals surface area contributed by atoms with Gasteiger partial charge in [-0.3, -0.25) is 0 Å². The fraction of sp³-hybridized carbons (Fsp3) is 0.571. The van der Waals surface area contributed by atoms with E-state index in [0.717, 1.165) is 36.6 Å². The topological polar surface area (TPSA) is 51.4 Å². The Kier molecular flexibility index (Phi) is 4.37. The summed E-state index contributed by atoms with van der Waals surface area (Å²) in [6.45, 7) is 6.06. The van der Waals surface area contributed by atoms with E-state index >= 15 is 0 Å². The molecule has 0 spiro atoms. The van der Waals surface area contributed by atoms with E-state index in [1.165, 1.54) is 0 Å². The average molecular weight is 279 g/mol. The molecule has 2 heterocycles. The second-order valence-electron chi connectivity index (χ2n) is 5.21. The van der Waals surface area contributed by atoms with Crippen molar-refractivity contribution in [2.75, 3.05) is 25.1 Å². The Hall–Kier alpha value is -1.20. The molecule has 0 aromatic carbocycles. The molecule has 0 amide bonds. The molecule has 1 fully saturated rings. The number of thiocarbonyl (C=S) groups is 1. The van der Waals surface area contributed by atoms with Gasteiger partial charge in [-0.2, -0.15) is 0 Å². The number of aromatic nitrogens is 1. The monoisotopic (exact) mass is 279 g/mol. The summed E-state index contributed by atoms with van der Waals surface area (Å²) in [7, 11) is 1.77. The zero-order valence-corrected chi connectivity index (χ0v) is 12.5. The first-order chi connectivity index (χ1) is 9.01. The lowest BCUT2D eigenvalue weighted by molar-refractivity contribution is 0.0496. The predicted molar refractivity (Wildman–Crippen MR) is 81.7 cm³/mol. The maximum Gasteiger partial charge on any atom is 0.129 e. The van der Waals surface area contributed by atoms with Gasteiger partial charge in [-0.1, -0.05) is 19.1 Å². The molecule has 2 unspecified atom stereocenters. The average Bonchev–Trinajstić information content (AvgIpc) is 2.38. The normalized spacial score (nSPS) is 23.4. The van der Waals surface area contributed by atoms with E-state index in [0.29, 0.717) is 10.9 Å². The summed E-state index contributed by atoms with van der Waals surface area (Å²) in [5.41, 5.74) is 7.53. The van der Waals surface area contributed by atoms with Gasteiger partial charge in [0.25, 0.3) is 0 Å². The quantitative estimate of drug-likeness (QED) is 0.856. The van der Waals surface area contributed by atoms with Gasteiger partial charge in [0.15, 0.2) is 0 Å². The molecule has 5 heteroatoms. The van der Waals surface area contributed by atoms with Crippen LogP contribution in [0.2, 0.25) is 0 Å². The summed E-state index contributed by atoms with van der Waals surface area (Å²) in [5.74, 6) is 1.53. The van der Waals surface area contributed by atoms with E-state index in [-0.39, 0.29) is 6.10 Å². The van der Waals surface area contributed by atoms with Crippen LogP contribution >= 0.6 is 12.2 Å². The molecule has 2 N–H and O–H groups in total. The van der Waals surface area contributed by atoms with Gasteiger partial charge in [-0.25, -0.2) is 4.98 Å². The molecule has 4 nitrogen and oxygen atoms in total. The Morgan fingerprint density at radius 3 is 2.89 bits per heavy atom. The number of hydrogen-bond acceptors (Lipinski definition) is 4. The summed E-state index contributed by atoms with van der Waals surface area (Å²) in [6.07, 6.45) is 1.36. The maximum atomic E-state index is 5.72. The van der Waals surface area contributed by atoms with Crippen LogP contribution in [0.4, 0.5) is 5.82 Å². The minimum atomic E-state index is 0.254. The Morgan fingerprint density at radius 2 is 2.26 bits per heavy atom. The van der Waals surface area contributed by atoms with Crippen LogP contribution in [0.15, 0.2) is 12.1 Å². The molecule has 1 aromatic heterocycles. The summed E-state index contributed by atoms with van der Waals surface area (Å²) >= 11 is 5.05. The van der Waals surface area contributed by atoms with Crippen LogP contribution in [0.25, 0.3) is 0 Å². The second kappa shape index (κ2) is 5.84. The largest absolute Gasteiger partial charge is 0.389 e. The van der Waals surface area contributed by atoms with E-state index in [1.54, 1.807) is 7.11 Å². The third-order valence-corrected chi connectivity index (χ3v) is 3.98. The van der Waals surface area contributed by atoms with Crippen molar-refractivity contribution in [1.29, 1.82) is 0 Å². The van der Waals surface area contributed by atoms with Gasteiger partial charge in [0.05, 0.1) is 6.10 Å². The molecule has 1 aliphatic rings. The fourth-order valence-electron chi connectivity index (χ4n) is 2.50. The van der Waals surface area contributed by atoms with Gasteiger partial charge in [0.2, 0.25) is 0 Å². The molecule has 0 saturated carbocycles. The van der Waals surface area contributed by atoms with Crippen molar-refractivity contribution in [2.24, 2.45) is 11.7 Å². The number of methoxy groups -OCH3 is 1. The standard InChI is InChI=1S/C14H21N3OS/c1-9-4-5-17(8-12(9)18-3)13-7-11(14(15)19)6-10(2)16-13/h6-7,9,12H,4-5,8H2,1-3H3,(H2,15,19). The summed E-state index contributed by atoms with van der Waals surface area (Å²) < 4.78 is 5.54. The van der Waals surface area contributed by atoms with Crippen LogP contribution in [0.3, 0.4) is 0 Å². The van der Waals surface area contributed by atoms with Crippen molar-refractivity contribution in [3.05, 3.63) is 23.4 Å². The fourth-order valence-corrected chi connectivity index (χ4v) is 2.62. The summed E-state index contributed by atoms with van der Waals surface area (Å²) in [4.78, 5) is 7.26. The van der Waals surface area contributed by atoms with E-state index in [1.807, 2.05) is 19.1 Å². The number of piperidine rings is 1. The van der Waals surface area contributed by atoms with Crippen LogP contribution in [0.5, 0.6) is 0 Å². The number of rotatable bonds is 3. The van der Waals surface area contributed by atoms with E-state index in [4.69, 9.17) is 22.7 Å². The highest BCUT2D eigenvalue weighted by Crippen LogP contribution is 2.24. The second-order valence-corrected chi connectivity index (χ2v) is 5.65. The molecule has 1 saturated heterocycles. The van der Waals surface area contributed by atoms with E-state index in [2.05, 4.69) is 16.8 Å². The Labute approximate surface area is 120 Å². The van der Waals surface area contributed by atoms with Crippen LogP contribution in [-0.2, 0) is 4.74 Å². The number of nitrogens with two attached hydrogens (primary N) is 1. The predicted octanol–water partition coefficient (Wildman–Crippen LogP) is 1.89. The lowest BCUT2D eigenvalue weighted by atomic mass is 9.96. The zero-order valence-electron chi connectivity index (χ0n) is 11.7. The molecular formula is C14H21N3OS. The first-order valence-electron chi connectivity index (χ1n) is 6.57. The number of nitrogens with zero attached hydrogens (tertiary/aromatic N) is 2. The van der Waals surface area contributed by atoms with E-state index < -0.39 is 0 Å². The molecule has 1 aliphatic heterocycles. The number of aryl methyl sites for hydroxylation is 1. The molecule has 0 radical (unpaired) electrons. The number of hydrogen-bond donors (Lipinski definition) is 1. The van der Waals surface area contributed by atoms with Gasteiger partial charge in [0, 0.05) is 31.5 Å². The first-order valence-corrected chi connectivity index (χ1v) is 6.98. The van der Waals surface area contributed by atoms with Crippen molar-refractivity contribution in [1.82, 2.24) is 4.98 Å². The third-order valence-electron chi connectivity index (χ3n) is 3.74. The molecule has 0 aliphatic carbocycles. The number of pyridine rings is 1. The third kappa shape index (κ3) is 3.22. The zero-order chi connectivity index (χ0) is 14.0. The molecule has 19 heavy (non-hydrogen) atoms. The Bertz CT molecular complexity index is 478. The van der Waals surface area contributed by atoms with Crippen molar-refractivity contribution >= 4 is 23.0 Å². The highest BCUT2D eigenvalue weighted by atomic mass is 32.1. The highest BCUT2D eigenvalue weighted by Gasteiger charge is 2.27. The van der Waals surface area contributed by atoms with Crippen LogP contribution in [0, 0.1) is 12.8 Å². The first kappa shape index (κ1) is 14.2. The van der Waals surface area contributed by atoms with E-state index in [9.17, 15) is 0 Å². The van der Waals surface area contributed by atoms with Gasteiger partial charge in [-0.15, -0.1) is 0 Å². The molecule has 2 rings (SSSR count). The molecule has 0 bridgehead atoms. The Balaban J connectivity index is 2.24. The Morgan fingerprint density at radius 1 is 1.53 bits per heavy atom. The van der Waals surface area contributed by atoms with Crippen molar-refractivity contribution in [3.63, 3.8) is 0 Å². The van der Waals surface area contributed by atoms with Gasteiger partial charge in [0.1, 0.15) is 10.8 Å². The highest BCUT2D eigenvalue weighted by molar-refractivity contribution is 7.80. The van der Waals surface area contributed by atoms with Crippen LogP contribution in [-0.4, -0.2) is 36.3 Å². The number of ether oxygens (including phenoxy) is 1. The van der Waals surface area contributed by atoms with Gasteiger partial charge < -0.3 is 15.4 Å². The van der Waals surface area contributed by atoms with Gasteiger partial charge >= 0.3 is 0 Å². The smallest absolute Gasteiger partial charge is 0.129 e. The molecular weight excluding hydrogens is 258 g/mol. The SMILES string of the molecule is COC1CN(c2cc(C(N)=S)cc(C)n2)CCC1C. The van der Waals surface area contributed by atoms with Crippen LogP contribution < -0.4 is 10.6 Å². The molecule has 1 aromatic rings. The van der Waals surface area contributed by atoms with Crippen LogP contribution in [0.1, 0.15) is 24.6 Å². The minimum Gasteiger partial charge on any atom is -0.389 e. The lowest BCUT2D eigenvalue weighted by Gasteiger charge is -2.37. The molecule has 104 valence electrons. The van der Waals surface area contributed by atoms with Gasteiger partial charge in [-0.05, 0) is 31.4 Å². The lowest BCUT2D eigenvalue weighted by Crippen LogP contribution is -2.44. The van der Waals surface area contributed by atoms with Crippen molar-refractivity contribution < 1.29 is 4.74 Å². The molecule has 2 atom stereocenters. The summed E-state index contributed by atoms with van der Waals surface area (Å²) in [6, 6.07) is 3.89. The maximum absolute atomic E-state index is 5.72.